The first kappa shape index (κ1) is 16.2. The molecule has 0 aliphatic rings. The highest BCUT2D eigenvalue weighted by atomic mass is 79.9. The smallest absolute Gasteiger partial charge is 0.305 e. The zero-order chi connectivity index (χ0) is 14.3. The fourth-order valence-corrected chi connectivity index (χ4v) is 2.57. The Balaban J connectivity index is 2.30. The first-order valence-corrected chi connectivity index (χ1v) is 7.46. The van der Waals surface area contributed by atoms with Gasteiger partial charge < -0.3 is 10.1 Å². The highest BCUT2D eigenvalue weighted by Gasteiger charge is 2.11. The summed E-state index contributed by atoms with van der Waals surface area (Å²) in [6, 6.07) is 0. The summed E-state index contributed by atoms with van der Waals surface area (Å²) in [6.45, 7) is 5.89. The molecule has 0 saturated carbocycles. The lowest BCUT2D eigenvalue weighted by Crippen LogP contribution is -2.18. The molecule has 0 aliphatic heterocycles. The van der Waals surface area contributed by atoms with E-state index in [-0.39, 0.29) is 5.97 Å². The summed E-state index contributed by atoms with van der Waals surface area (Å²) in [5.74, 6) is -0.126. The average molecular weight is 332 g/mol. The van der Waals surface area contributed by atoms with Crippen molar-refractivity contribution >= 4 is 21.9 Å². The fraction of sp³-hybridized carbons (Fsp3) is 0.692. The molecule has 19 heavy (non-hydrogen) atoms. The number of hydrogen-bond donors (Lipinski definition) is 1. The summed E-state index contributed by atoms with van der Waals surface area (Å²) < 4.78 is 7.84. The predicted molar refractivity (Wildman–Crippen MR) is 77.9 cm³/mol. The van der Waals surface area contributed by atoms with E-state index < -0.39 is 0 Å². The Hall–Kier alpha value is -0.880. The van der Waals surface area contributed by atoms with Gasteiger partial charge in [0.1, 0.15) is 0 Å². The molecule has 6 heteroatoms. The normalized spacial score (nSPS) is 10.7. The molecule has 1 heterocycles. The van der Waals surface area contributed by atoms with Crippen LogP contribution in [0.15, 0.2) is 4.47 Å². The van der Waals surface area contributed by atoms with E-state index in [0.717, 1.165) is 41.8 Å². The van der Waals surface area contributed by atoms with Crippen molar-refractivity contribution in [3.8, 4) is 0 Å². The van der Waals surface area contributed by atoms with Crippen LogP contribution in [0.1, 0.15) is 38.1 Å². The zero-order valence-electron chi connectivity index (χ0n) is 11.8. The van der Waals surface area contributed by atoms with Crippen LogP contribution in [-0.4, -0.2) is 28.9 Å². The van der Waals surface area contributed by atoms with E-state index in [2.05, 4.69) is 33.3 Å². The molecule has 0 aliphatic carbocycles. The third-order valence-electron chi connectivity index (χ3n) is 2.84. The SMILES string of the molecule is CCOC(=O)CCCNCc1c(Br)c(CC)nn1C. The molecule has 1 aromatic heterocycles. The van der Waals surface area contributed by atoms with Gasteiger partial charge in [-0.15, -0.1) is 0 Å². The number of ether oxygens (including phenoxy) is 1. The topological polar surface area (TPSA) is 56.1 Å². The number of nitrogens with zero attached hydrogens (tertiary/aromatic N) is 2. The third kappa shape index (κ3) is 4.95. The van der Waals surface area contributed by atoms with E-state index in [1.807, 2.05) is 18.7 Å². The summed E-state index contributed by atoms with van der Waals surface area (Å²) in [7, 11) is 1.94. The van der Waals surface area contributed by atoms with Crippen molar-refractivity contribution in [1.82, 2.24) is 15.1 Å². The summed E-state index contributed by atoms with van der Waals surface area (Å²) in [5, 5.41) is 7.76. The lowest BCUT2D eigenvalue weighted by molar-refractivity contribution is -0.143. The van der Waals surface area contributed by atoms with Crippen LogP contribution in [0.5, 0.6) is 0 Å². The van der Waals surface area contributed by atoms with Crippen LogP contribution in [0.4, 0.5) is 0 Å². The van der Waals surface area contributed by atoms with E-state index in [4.69, 9.17) is 4.74 Å². The number of nitrogens with one attached hydrogen (secondary N) is 1. The number of aryl methyl sites for hydroxylation is 2. The molecule has 1 N–H and O–H groups in total. The highest BCUT2D eigenvalue weighted by molar-refractivity contribution is 9.10. The van der Waals surface area contributed by atoms with Gasteiger partial charge >= 0.3 is 5.97 Å². The van der Waals surface area contributed by atoms with Crippen LogP contribution >= 0.6 is 15.9 Å². The first-order valence-electron chi connectivity index (χ1n) is 6.66. The van der Waals surface area contributed by atoms with Crippen molar-refractivity contribution < 1.29 is 9.53 Å². The number of esters is 1. The Morgan fingerprint density at radius 3 is 2.79 bits per heavy atom. The monoisotopic (exact) mass is 331 g/mol. The van der Waals surface area contributed by atoms with Crippen LogP contribution in [0.25, 0.3) is 0 Å². The first-order chi connectivity index (χ1) is 9.10. The van der Waals surface area contributed by atoms with Crippen molar-refractivity contribution in [3.05, 3.63) is 15.9 Å². The van der Waals surface area contributed by atoms with E-state index in [0.29, 0.717) is 13.0 Å². The second kappa shape index (κ2) is 8.32. The summed E-state index contributed by atoms with van der Waals surface area (Å²) >= 11 is 3.58. The van der Waals surface area contributed by atoms with E-state index in [9.17, 15) is 4.79 Å². The number of rotatable bonds is 8. The van der Waals surface area contributed by atoms with Gasteiger partial charge in [0.2, 0.25) is 0 Å². The summed E-state index contributed by atoms with van der Waals surface area (Å²) in [6.07, 6.45) is 2.17. The Bertz CT molecular complexity index is 418. The Kier molecular flexibility index (Phi) is 7.09. The molecule has 0 bridgehead atoms. The van der Waals surface area contributed by atoms with Crippen LogP contribution in [0, 0.1) is 0 Å². The zero-order valence-corrected chi connectivity index (χ0v) is 13.4. The lowest BCUT2D eigenvalue weighted by Gasteiger charge is -2.06. The highest BCUT2D eigenvalue weighted by Crippen LogP contribution is 2.21. The third-order valence-corrected chi connectivity index (χ3v) is 3.75. The van der Waals surface area contributed by atoms with Gasteiger partial charge in [-0.1, -0.05) is 6.92 Å². The Morgan fingerprint density at radius 1 is 1.47 bits per heavy atom. The molecule has 0 spiro atoms. The van der Waals surface area contributed by atoms with Gasteiger partial charge in [0.05, 0.1) is 22.5 Å². The van der Waals surface area contributed by atoms with Gasteiger partial charge in [0.25, 0.3) is 0 Å². The molecule has 0 amide bonds. The number of carbonyl (C=O) groups is 1. The van der Waals surface area contributed by atoms with Crippen molar-refractivity contribution in [2.75, 3.05) is 13.2 Å². The van der Waals surface area contributed by atoms with Gasteiger partial charge in [0, 0.05) is 20.0 Å². The Morgan fingerprint density at radius 2 is 2.21 bits per heavy atom. The van der Waals surface area contributed by atoms with Crippen molar-refractivity contribution in [2.24, 2.45) is 7.05 Å². The van der Waals surface area contributed by atoms with Crippen molar-refractivity contribution in [1.29, 1.82) is 0 Å². The number of hydrogen-bond acceptors (Lipinski definition) is 4. The average Bonchev–Trinajstić information content (AvgIpc) is 2.65. The second-order valence-electron chi connectivity index (χ2n) is 4.27. The minimum Gasteiger partial charge on any atom is -0.466 e. The fourth-order valence-electron chi connectivity index (χ4n) is 1.81. The molecule has 5 nitrogen and oxygen atoms in total. The van der Waals surface area contributed by atoms with E-state index in [1.165, 1.54) is 0 Å². The standard InChI is InChI=1S/C13H22BrN3O2/c1-4-10-13(14)11(17(3)16-10)9-15-8-6-7-12(18)19-5-2/h15H,4-9H2,1-3H3. The van der Waals surface area contributed by atoms with Crippen LogP contribution in [0.3, 0.4) is 0 Å². The lowest BCUT2D eigenvalue weighted by atomic mass is 10.3. The molecule has 1 aromatic rings. The molecule has 1 rings (SSSR count). The Labute approximate surface area is 122 Å². The van der Waals surface area contributed by atoms with Gasteiger partial charge in [-0.25, -0.2) is 0 Å². The molecule has 0 aromatic carbocycles. The second-order valence-corrected chi connectivity index (χ2v) is 5.06. The van der Waals surface area contributed by atoms with Crippen LogP contribution in [0.2, 0.25) is 0 Å². The number of carbonyl (C=O) groups excluding carboxylic acids is 1. The van der Waals surface area contributed by atoms with Crippen LogP contribution < -0.4 is 5.32 Å². The summed E-state index contributed by atoms with van der Waals surface area (Å²) in [4.78, 5) is 11.2. The van der Waals surface area contributed by atoms with Gasteiger partial charge in [-0.05, 0) is 42.2 Å². The maximum atomic E-state index is 11.2. The van der Waals surface area contributed by atoms with Gasteiger partial charge in [-0.2, -0.15) is 5.10 Å². The van der Waals surface area contributed by atoms with Gasteiger partial charge in [0.15, 0.2) is 0 Å². The number of halogens is 1. The number of aromatic nitrogens is 2. The van der Waals surface area contributed by atoms with Crippen molar-refractivity contribution in [2.45, 2.75) is 39.7 Å². The quantitative estimate of drug-likeness (QED) is 0.586. The largest absolute Gasteiger partial charge is 0.466 e. The molecular formula is C13H22BrN3O2. The molecule has 0 saturated heterocycles. The van der Waals surface area contributed by atoms with Crippen molar-refractivity contribution in [3.63, 3.8) is 0 Å². The minimum atomic E-state index is -0.126. The molecule has 0 fully saturated rings. The molecule has 0 atom stereocenters. The minimum absolute atomic E-state index is 0.126. The maximum Gasteiger partial charge on any atom is 0.305 e. The molecule has 0 radical (unpaired) electrons. The van der Waals surface area contributed by atoms with E-state index >= 15 is 0 Å². The molecule has 108 valence electrons. The predicted octanol–water partition coefficient (Wildman–Crippen LogP) is 2.18. The maximum absolute atomic E-state index is 11.2. The molecule has 0 unspecified atom stereocenters. The van der Waals surface area contributed by atoms with Gasteiger partial charge in [-0.3, -0.25) is 9.48 Å². The molecular weight excluding hydrogens is 310 g/mol. The summed E-state index contributed by atoms with van der Waals surface area (Å²) in [5.41, 5.74) is 2.21. The van der Waals surface area contributed by atoms with Crippen LogP contribution in [-0.2, 0) is 29.5 Å². The van der Waals surface area contributed by atoms with E-state index in [1.54, 1.807) is 0 Å².